The highest BCUT2D eigenvalue weighted by Crippen LogP contribution is 2.40. The number of Topliss-reactive ketones (excluding diaryl/α,β-unsaturated/α-hetero) is 1. The Kier molecular flexibility index (Phi) is 5.94. The van der Waals surface area contributed by atoms with Gasteiger partial charge in [0.05, 0.1) is 17.1 Å². The van der Waals surface area contributed by atoms with Crippen molar-refractivity contribution in [3.8, 4) is 6.07 Å². The number of para-hydroxylation sites is 2. The number of ketones is 1. The second kappa shape index (κ2) is 8.43. The molecule has 0 fully saturated rings. The molecule has 30 heavy (non-hydrogen) atoms. The lowest BCUT2D eigenvalue weighted by atomic mass is 10.2. The summed E-state index contributed by atoms with van der Waals surface area (Å²) in [4.78, 5) is 28.2. The summed E-state index contributed by atoms with van der Waals surface area (Å²) in [6, 6.07) is 9.50. The number of halogens is 1. The van der Waals surface area contributed by atoms with Gasteiger partial charge in [-0.1, -0.05) is 23.7 Å². The smallest absolute Gasteiger partial charge is 0.331 e. The van der Waals surface area contributed by atoms with Crippen molar-refractivity contribution in [3.05, 3.63) is 58.1 Å². The molecule has 2 heterocycles. The summed E-state index contributed by atoms with van der Waals surface area (Å²) in [5.74, 6) is -0.870. The number of aryl methyl sites for hydroxylation is 2. The van der Waals surface area contributed by atoms with Crippen LogP contribution in [0, 0.1) is 18.3 Å². The highest BCUT2D eigenvalue weighted by molar-refractivity contribution is 6.31. The van der Waals surface area contributed by atoms with Gasteiger partial charge in [-0.25, -0.2) is 4.79 Å². The number of hydrogen-bond acceptors (Lipinski definition) is 7. The van der Waals surface area contributed by atoms with Gasteiger partial charge in [0.2, 0.25) is 5.78 Å². The number of carbonyl (C=O) groups excluding carboxylic acids is 2. The fraction of sp³-hybridized carbons (Fsp3) is 0.238. The van der Waals surface area contributed by atoms with Gasteiger partial charge in [-0.3, -0.25) is 9.48 Å². The Morgan fingerprint density at radius 1 is 1.20 bits per heavy atom. The van der Waals surface area contributed by atoms with E-state index < -0.39 is 18.4 Å². The highest BCUT2D eigenvalue weighted by Gasteiger charge is 2.31. The van der Waals surface area contributed by atoms with E-state index in [9.17, 15) is 14.9 Å². The van der Waals surface area contributed by atoms with Gasteiger partial charge in [-0.05, 0) is 25.1 Å². The zero-order valence-corrected chi connectivity index (χ0v) is 17.8. The van der Waals surface area contributed by atoms with E-state index in [1.807, 2.05) is 30.3 Å². The van der Waals surface area contributed by atoms with Crippen LogP contribution in [0.5, 0.6) is 0 Å². The molecule has 3 rings (SSSR count). The highest BCUT2D eigenvalue weighted by atomic mass is 35.5. The van der Waals surface area contributed by atoms with Crippen molar-refractivity contribution in [2.75, 3.05) is 30.5 Å². The van der Waals surface area contributed by atoms with Crippen LogP contribution in [-0.4, -0.2) is 42.2 Å². The van der Waals surface area contributed by atoms with E-state index in [1.54, 1.807) is 37.9 Å². The van der Waals surface area contributed by atoms with Crippen LogP contribution in [0.3, 0.4) is 0 Å². The summed E-state index contributed by atoms with van der Waals surface area (Å²) in [5.41, 5.74) is 2.91. The Hall–Kier alpha value is -3.57. The van der Waals surface area contributed by atoms with Crippen LogP contribution in [0.2, 0.25) is 5.15 Å². The molecule has 0 unspecified atom stereocenters. The summed E-state index contributed by atoms with van der Waals surface area (Å²) in [6.07, 6.45) is 2.66. The second-order valence-corrected chi connectivity index (χ2v) is 7.05. The Bertz CT molecular complexity index is 1100. The van der Waals surface area contributed by atoms with Crippen LogP contribution in [0.25, 0.3) is 6.08 Å². The van der Waals surface area contributed by atoms with Crippen molar-refractivity contribution in [3.63, 3.8) is 0 Å². The maximum atomic E-state index is 12.6. The molecule has 0 atom stereocenters. The average Bonchev–Trinajstić information content (AvgIpc) is 3.12. The first-order valence-corrected chi connectivity index (χ1v) is 9.42. The number of nitrogens with zero attached hydrogens (tertiary/aromatic N) is 5. The molecular formula is C21H20ClN5O3. The molecule has 1 aliphatic rings. The molecule has 1 aromatic carbocycles. The van der Waals surface area contributed by atoms with Crippen LogP contribution in [0.4, 0.5) is 11.4 Å². The number of anilines is 2. The topological polar surface area (TPSA) is 91.5 Å². The lowest BCUT2D eigenvalue weighted by Gasteiger charge is -2.19. The molecule has 0 N–H and O–H groups in total. The molecule has 1 aliphatic heterocycles. The summed E-state index contributed by atoms with van der Waals surface area (Å²) in [5, 5.41) is 14.1. The van der Waals surface area contributed by atoms with Gasteiger partial charge in [0, 0.05) is 32.8 Å². The Labute approximate surface area is 179 Å². The molecule has 0 bridgehead atoms. The minimum atomic E-state index is -0.721. The summed E-state index contributed by atoms with van der Waals surface area (Å²) < 4.78 is 6.52. The molecule has 0 aliphatic carbocycles. The molecule has 0 amide bonds. The number of esters is 1. The Balaban J connectivity index is 1.72. The number of rotatable bonds is 5. The van der Waals surface area contributed by atoms with Crippen molar-refractivity contribution in [2.24, 2.45) is 7.05 Å². The predicted molar refractivity (Wildman–Crippen MR) is 114 cm³/mol. The van der Waals surface area contributed by atoms with Crippen LogP contribution in [0.15, 0.2) is 41.7 Å². The van der Waals surface area contributed by atoms with Crippen molar-refractivity contribution in [2.45, 2.75) is 6.92 Å². The van der Waals surface area contributed by atoms with Gasteiger partial charge in [0.15, 0.2) is 6.61 Å². The van der Waals surface area contributed by atoms with Gasteiger partial charge in [-0.2, -0.15) is 10.4 Å². The minimum Gasteiger partial charge on any atom is -0.454 e. The van der Waals surface area contributed by atoms with Crippen LogP contribution in [0.1, 0.15) is 11.3 Å². The van der Waals surface area contributed by atoms with E-state index in [0.717, 1.165) is 11.4 Å². The van der Waals surface area contributed by atoms with E-state index in [0.29, 0.717) is 22.2 Å². The summed E-state index contributed by atoms with van der Waals surface area (Å²) >= 11 is 6.12. The molecular weight excluding hydrogens is 406 g/mol. The Morgan fingerprint density at radius 2 is 1.80 bits per heavy atom. The summed E-state index contributed by atoms with van der Waals surface area (Å²) in [6.45, 7) is 1.21. The molecule has 2 aromatic rings. The normalized spacial score (nSPS) is 12.9. The number of hydrogen-bond donors (Lipinski definition) is 0. The van der Waals surface area contributed by atoms with Crippen molar-refractivity contribution in [1.82, 2.24) is 9.78 Å². The third-order valence-electron chi connectivity index (χ3n) is 4.78. The van der Waals surface area contributed by atoms with Crippen LogP contribution < -0.4 is 9.80 Å². The van der Waals surface area contributed by atoms with E-state index in [-0.39, 0.29) is 5.57 Å². The van der Waals surface area contributed by atoms with Gasteiger partial charge < -0.3 is 14.5 Å². The third-order valence-corrected chi connectivity index (χ3v) is 5.23. The molecule has 8 nitrogen and oxygen atoms in total. The van der Waals surface area contributed by atoms with Crippen molar-refractivity contribution in [1.29, 1.82) is 5.26 Å². The quantitative estimate of drug-likeness (QED) is 0.413. The van der Waals surface area contributed by atoms with E-state index in [4.69, 9.17) is 16.3 Å². The van der Waals surface area contributed by atoms with Crippen molar-refractivity contribution >= 4 is 40.8 Å². The standard InChI is InChI=1S/C21H20ClN5O3/c1-13-14(20(22)27(4)24-13)9-10-19(29)30-12-18(28)15(11-23)21-25(2)16-7-5-6-8-17(16)26(21)3/h5-10H,12H2,1-4H3/b10-9+. The van der Waals surface area contributed by atoms with Gasteiger partial charge in [-0.15, -0.1) is 0 Å². The van der Waals surface area contributed by atoms with Crippen molar-refractivity contribution < 1.29 is 14.3 Å². The fourth-order valence-electron chi connectivity index (χ4n) is 3.30. The SMILES string of the molecule is Cc1nn(C)c(Cl)c1/C=C/C(=O)OCC(=O)C(C#N)=C1N(C)c2ccccc2N1C. The number of nitriles is 1. The van der Waals surface area contributed by atoms with E-state index in [2.05, 4.69) is 5.10 Å². The number of aromatic nitrogens is 2. The predicted octanol–water partition coefficient (Wildman–Crippen LogP) is 2.83. The average molecular weight is 426 g/mol. The van der Waals surface area contributed by atoms with Crippen LogP contribution >= 0.6 is 11.6 Å². The zero-order valence-electron chi connectivity index (χ0n) is 17.0. The molecule has 1 aromatic heterocycles. The first-order valence-electron chi connectivity index (χ1n) is 9.04. The first kappa shape index (κ1) is 21.1. The van der Waals surface area contributed by atoms with Gasteiger partial charge >= 0.3 is 5.97 Å². The second-order valence-electron chi connectivity index (χ2n) is 6.69. The molecule has 154 valence electrons. The minimum absolute atomic E-state index is 0.0841. The third kappa shape index (κ3) is 3.80. The maximum absolute atomic E-state index is 12.6. The fourth-order valence-corrected chi connectivity index (χ4v) is 3.54. The largest absolute Gasteiger partial charge is 0.454 e. The first-order chi connectivity index (χ1) is 14.3. The number of carbonyl (C=O) groups is 2. The summed E-state index contributed by atoms with van der Waals surface area (Å²) in [7, 11) is 5.24. The maximum Gasteiger partial charge on any atom is 0.331 e. The van der Waals surface area contributed by atoms with E-state index in [1.165, 1.54) is 16.8 Å². The monoisotopic (exact) mass is 425 g/mol. The Morgan fingerprint density at radius 3 is 2.30 bits per heavy atom. The number of ether oxygens (including phenoxy) is 1. The van der Waals surface area contributed by atoms with Gasteiger partial charge in [0.1, 0.15) is 22.6 Å². The lowest BCUT2D eigenvalue weighted by Crippen LogP contribution is -2.27. The zero-order chi connectivity index (χ0) is 22.0. The molecule has 0 saturated carbocycles. The van der Waals surface area contributed by atoms with Crippen LogP contribution in [-0.2, 0) is 21.4 Å². The van der Waals surface area contributed by atoms with Gasteiger partial charge in [0.25, 0.3) is 0 Å². The molecule has 0 saturated heterocycles. The number of fused-ring (bicyclic) bond motifs is 1. The molecule has 0 radical (unpaired) electrons. The molecule has 9 heteroatoms. The number of benzene rings is 1. The van der Waals surface area contributed by atoms with E-state index >= 15 is 0 Å². The molecule has 0 spiro atoms. The lowest BCUT2D eigenvalue weighted by molar-refractivity contribution is -0.141.